The topological polar surface area (TPSA) is 0 Å². The Morgan fingerprint density at radius 2 is 1.94 bits per heavy atom. The highest BCUT2D eigenvalue weighted by molar-refractivity contribution is 7.11. The van der Waals surface area contributed by atoms with Gasteiger partial charge < -0.3 is 0 Å². The van der Waals surface area contributed by atoms with Gasteiger partial charge in [-0.2, -0.15) is 0 Å². The third-order valence-electron chi connectivity index (χ3n) is 3.84. The van der Waals surface area contributed by atoms with Gasteiger partial charge in [0.1, 0.15) is 0 Å². The van der Waals surface area contributed by atoms with E-state index in [4.69, 9.17) is 0 Å². The number of aryl methyl sites for hydroxylation is 1. The van der Waals surface area contributed by atoms with Gasteiger partial charge in [-0.1, -0.05) is 49.9 Å². The van der Waals surface area contributed by atoms with Crippen LogP contribution in [0.2, 0.25) is 0 Å². The first-order valence-electron chi connectivity index (χ1n) is 6.38. The Bertz CT molecular complexity index is 463. The molecule has 0 radical (unpaired) electrons. The summed E-state index contributed by atoms with van der Waals surface area (Å²) in [6.07, 6.45) is 8.59. The molecule has 1 saturated carbocycles. The Balaban J connectivity index is 1.73. The second kappa shape index (κ2) is 4.58. The quantitative estimate of drug-likeness (QED) is 0.694. The van der Waals surface area contributed by atoms with E-state index < -0.39 is 0 Å². The van der Waals surface area contributed by atoms with Crippen molar-refractivity contribution in [2.24, 2.45) is 5.92 Å². The molecule has 0 atom stereocenters. The fraction of sp³-hybridized carbons (Fsp3) is 0.467. The summed E-state index contributed by atoms with van der Waals surface area (Å²) in [5.74, 6) is 1.01. The lowest BCUT2D eigenvalue weighted by atomic mass is 10.0. The zero-order valence-electron chi connectivity index (χ0n) is 9.61. The molecule has 0 saturated heterocycles. The summed E-state index contributed by atoms with van der Waals surface area (Å²) in [5, 5.41) is 5.22. The van der Waals surface area contributed by atoms with Crippen molar-refractivity contribution in [2.45, 2.75) is 38.5 Å². The number of fused-ring (bicyclic) bond motifs is 1. The van der Waals surface area contributed by atoms with Gasteiger partial charge in [-0.25, -0.2) is 0 Å². The van der Waals surface area contributed by atoms with Gasteiger partial charge in [0.15, 0.2) is 0 Å². The lowest BCUT2D eigenvalue weighted by molar-refractivity contribution is 0.506. The van der Waals surface area contributed by atoms with E-state index in [1.165, 1.54) is 49.3 Å². The number of thiophene rings is 1. The highest BCUT2D eigenvalue weighted by atomic mass is 32.1. The fourth-order valence-electron chi connectivity index (χ4n) is 2.88. The van der Waals surface area contributed by atoms with Gasteiger partial charge in [-0.15, -0.1) is 11.3 Å². The number of hydrogen-bond acceptors (Lipinski definition) is 1. The van der Waals surface area contributed by atoms with Crippen LogP contribution >= 0.6 is 11.3 Å². The van der Waals surface area contributed by atoms with Crippen molar-refractivity contribution in [3.8, 4) is 0 Å². The molecule has 0 bridgehead atoms. The molecule has 2 aromatic rings. The second-order valence-electron chi connectivity index (χ2n) is 4.94. The Labute approximate surface area is 101 Å². The molecule has 1 aliphatic carbocycles. The summed E-state index contributed by atoms with van der Waals surface area (Å²) < 4.78 is 0. The minimum atomic E-state index is 1.01. The van der Waals surface area contributed by atoms with Gasteiger partial charge in [0.05, 0.1) is 0 Å². The molecule has 3 rings (SSSR count). The van der Waals surface area contributed by atoms with Crippen molar-refractivity contribution in [3.63, 3.8) is 0 Å². The van der Waals surface area contributed by atoms with Gasteiger partial charge >= 0.3 is 0 Å². The predicted molar refractivity (Wildman–Crippen MR) is 72.1 cm³/mol. The zero-order chi connectivity index (χ0) is 10.8. The van der Waals surface area contributed by atoms with E-state index in [1.54, 1.807) is 4.88 Å². The van der Waals surface area contributed by atoms with Crippen LogP contribution in [-0.2, 0) is 6.42 Å². The number of hydrogen-bond donors (Lipinski definition) is 0. The molecule has 0 unspecified atom stereocenters. The maximum atomic E-state index is 2.30. The molecule has 1 fully saturated rings. The molecular weight excluding hydrogens is 212 g/mol. The van der Waals surface area contributed by atoms with E-state index in [2.05, 4.69) is 29.6 Å². The monoisotopic (exact) mass is 230 g/mol. The Morgan fingerprint density at radius 3 is 2.81 bits per heavy atom. The molecule has 0 spiro atoms. The Morgan fingerprint density at radius 1 is 1.12 bits per heavy atom. The Hall–Kier alpha value is -0.820. The standard InChI is InChI=1S/C15H18S/c1-2-6-12(5-1)9-10-15-14-8-4-3-7-13(14)11-16-15/h3-4,7-8,11-12H,1-2,5-6,9-10H2. The van der Waals surface area contributed by atoms with Gasteiger partial charge in [0, 0.05) is 4.88 Å². The molecule has 0 N–H and O–H groups in total. The van der Waals surface area contributed by atoms with Crippen LogP contribution in [0.3, 0.4) is 0 Å². The molecular formula is C15H18S. The first-order valence-corrected chi connectivity index (χ1v) is 7.26. The number of rotatable bonds is 3. The smallest absolute Gasteiger partial charge is 0.0124 e. The van der Waals surface area contributed by atoms with Crippen LogP contribution in [0.4, 0.5) is 0 Å². The average Bonchev–Trinajstić information content (AvgIpc) is 2.96. The molecule has 0 nitrogen and oxygen atoms in total. The van der Waals surface area contributed by atoms with Crippen LogP contribution in [0.1, 0.15) is 37.0 Å². The van der Waals surface area contributed by atoms with E-state index in [1.807, 2.05) is 11.3 Å². The van der Waals surface area contributed by atoms with Crippen LogP contribution in [0.5, 0.6) is 0 Å². The lowest BCUT2D eigenvalue weighted by Crippen LogP contribution is -1.94. The van der Waals surface area contributed by atoms with E-state index in [9.17, 15) is 0 Å². The second-order valence-corrected chi connectivity index (χ2v) is 5.90. The van der Waals surface area contributed by atoms with E-state index >= 15 is 0 Å². The van der Waals surface area contributed by atoms with Crippen LogP contribution in [0.15, 0.2) is 29.6 Å². The van der Waals surface area contributed by atoms with Gasteiger partial charge in [-0.3, -0.25) is 0 Å². The Kier molecular flexibility index (Phi) is 2.96. The molecule has 1 heterocycles. The summed E-state index contributed by atoms with van der Waals surface area (Å²) in [4.78, 5) is 1.60. The van der Waals surface area contributed by atoms with Crippen molar-refractivity contribution in [3.05, 3.63) is 34.5 Å². The molecule has 1 aromatic carbocycles. The third kappa shape index (κ3) is 2.01. The molecule has 84 valence electrons. The summed E-state index contributed by atoms with van der Waals surface area (Å²) in [6, 6.07) is 8.80. The maximum Gasteiger partial charge on any atom is 0.0124 e. The molecule has 1 aliphatic rings. The van der Waals surface area contributed by atoms with Crippen LogP contribution in [0, 0.1) is 5.92 Å². The summed E-state index contributed by atoms with van der Waals surface area (Å²) in [7, 11) is 0. The van der Waals surface area contributed by atoms with Gasteiger partial charge in [0.2, 0.25) is 0 Å². The third-order valence-corrected chi connectivity index (χ3v) is 4.92. The van der Waals surface area contributed by atoms with Crippen molar-refractivity contribution in [1.82, 2.24) is 0 Å². The maximum absolute atomic E-state index is 2.30. The molecule has 0 amide bonds. The molecule has 1 aromatic heterocycles. The number of benzene rings is 1. The van der Waals surface area contributed by atoms with E-state index in [0.717, 1.165) is 5.92 Å². The first-order chi connectivity index (χ1) is 7.93. The average molecular weight is 230 g/mol. The van der Waals surface area contributed by atoms with Crippen molar-refractivity contribution >= 4 is 22.1 Å². The van der Waals surface area contributed by atoms with Gasteiger partial charge in [-0.05, 0) is 34.9 Å². The van der Waals surface area contributed by atoms with Crippen molar-refractivity contribution in [2.75, 3.05) is 0 Å². The van der Waals surface area contributed by atoms with E-state index in [-0.39, 0.29) is 0 Å². The molecule has 1 heteroatoms. The summed E-state index contributed by atoms with van der Waals surface area (Å²) >= 11 is 1.95. The highest BCUT2D eigenvalue weighted by Crippen LogP contribution is 2.32. The van der Waals surface area contributed by atoms with Crippen molar-refractivity contribution < 1.29 is 0 Å². The van der Waals surface area contributed by atoms with E-state index in [0.29, 0.717) is 0 Å². The van der Waals surface area contributed by atoms with Gasteiger partial charge in [0.25, 0.3) is 0 Å². The van der Waals surface area contributed by atoms with Crippen LogP contribution < -0.4 is 0 Å². The molecule has 0 aliphatic heterocycles. The van der Waals surface area contributed by atoms with Crippen molar-refractivity contribution in [1.29, 1.82) is 0 Å². The highest BCUT2D eigenvalue weighted by Gasteiger charge is 2.15. The SMILES string of the molecule is c1ccc2c(CCC3CCCC3)scc2c1. The normalized spacial score (nSPS) is 17.2. The minimum absolute atomic E-state index is 1.01. The molecule has 16 heavy (non-hydrogen) atoms. The van der Waals surface area contributed by atoms with Crippen LogP contribution in [-0.4, -0.2) is 0 Å². The fourth-order valence-corrected chi connectivity index (χ4v) is 3.90. The lowest BCUT2D eigenvalue weighted by Gasteiger charge is -2.07. The summed E-state index contributed by atoms with van der Waals surface area (Å²) in [6.45, 7) is 0. The summed E-state index contributed by atoms with van der Waals surface area (Å²) in [5.41, 5.74) is 0. The largest absolute Gasteiger partial charge is 0.148 e. The predicted octanol–water partition coefficient (Wildman–Crippen LogP) is 5.02. The first kappa shape index (κ1) is 10.3. The minimum Gasteiger partial charge on any atom is -0.148 e. The van der Waals surface area contributed by atoms with Crippen LogP contribution in [0.25, 0.3) is 10.8 Å². The zero-order valence-corrected chi connectivity index (χ0v) is 10.4.